The van der Waals surface area contributed by atoms with Gasteiger partial charge in [0, 0.05) is 11.1 Å². The maximum Gasteiger partial charge on any atom is 0.253 e. The molecule has 3 rings (SSSR count). The van der Waals surface area contributed by atoms with E-state index < -0.39 is 5.24 Å². The number of aryl methyl sites for hydroxylation is 2. The van der Waals surface area contributed by atoms with Crippen LogP contribution in [0.15, 0.2) is 78.9 Å². The van der Waals surface area contributed by atoms with Gasteiger partial charge in [-0.1, -0.05) is 202 Å². The molecule has 0 bridgehead atoms. The van der Waals surface area contributed by atoms with Gasteiger partial charge in [-0.15, -0.1) is 0 Å². The number of rotatable bonds is 27. The first-order valence-corrected chi connectivity index (χ1v) is 20.2. The smallest absolute Gasteiger partial charge is 0.253 e. The fourth-order valence-corrected chi connectivity index (χ4v) is 7.15. The van der Waals surface area contributed by atoms with E-state index in [1.54, 1.807) is 0 Å². The number of unbranched alkanes of at least 4 members (excludes halogenated alkanes) is 18. The van der Waals surface area contributed by atoms with E-state index in [1.165, 1.54) is 133 Å². The van der Waals surface area contributed by atoms with Gasteiger partial charge in [0.2, 0.25) is 0 Å². The van der Waals surface area contributed by atoms with Crippen LogP contribution in [0, 0.1) is 0 Å². The fourth-order valence-electron chi connectivity index (χ4n) is 6.95. The summed E-state index contributed by atoms with van der Waals surface area (Å²) in [7, 11) is 0. The van der Waals surface area contributed by atoms with Crippen LogP contribution in [0.1, 0.15) is 175 Å². The van der Waals surface area contributed by atoms with E-state index in [4.69, 9.17) is 11.6 Å². The summed E-state index contributed by atoms with van der Waals surface area (Å²) in [6, 6.07) is 25.1. The Morgan fingerprint density at radius 1 is 0.429 bits per heavy atom. The van der Waals surface area contributed by atoms with Crippen molar-refractivity contribution in [2.75, 3.05) is 0 Å². The van der Waals surface area contributed by atoms with Crippen molar-refractivity contribution in [3.8, 4) is 0 Å². The fraction of sp³-hybridized carbons (Fsp3) is 0.522. The summed E-state index contributed by atoms with van der Waals surface area (Å²) in [6.45, 7) is 4.55. The molecule has 2 nitrogen and oxygen atoms in total. The second-order valence-electron chi connectivity index (χ2n) is 13.9. The number of carbonyl (C=O) groups excluding carboxylic acids is 2. The third-order valence-corrected chi connectivity index (χ3v) is 10.1. The molecule has 0 unspecified atom stereocenters. The third kappa shape index (κ3) is 15.2. The molecule has 3 aromatic rings. The summed E-state index contributed by atoms with van der Waals surface area (Å²) < 4.78 is 0. The highest BCUT2D eigenvalue weighted by atomic mass is 35.5. The molecular formula is C46H63ClO2. The number of allylic oxidation sites excluding steroid dienone is 2. The maximum atomic E-state index is 14.4. The largest absolute Gasteiger partial charge is 0.289 e. The van der Waals surface area contributed by atoms with Crippen LogP contribution >= 0.6 is 11.6 Å². The molecule has 0 N–H and O–H groups in total. The van der Waals surface area contributed by atoms with Gasteiger partial charge in [0.05, 0.1) is 5.57 Å². The molecule has 266 valence electrons. The summed E-state index contributed by atoms with van der Waals surface area (Å²) in [5, 5.41) is -0.624. The van der Waals surface area contributed by atoms with Gasteiger partial charge in [-0.2, -0.15) is 0 Å². The molecule has 0 atom stereocenters. The van der Waals surface area contributed by atoms with Crippen LogP contribution in [-0.2, 0) is 17.6 Å². The van der Waals surface area contributed by atoms with Crippen LogP contribution in [0.5, 0.6) is 0 Å². The van der Waals surface area contributed by atoms with Crippen LogP contribution in [-0.4, -0.2) is 11.0 Å². The molecule has 0 saturated heterocycles. The average molecular weight is 683 g/mol. The predicted molar refractivity (Wildman–Crippen MR) is 212 cm³/mol. The van der Waals surface area contributed by atoms with Gasteiger partial charge in [-0.05, 0) is 65.6 Å². The van der Waals surface area contributed by atoms with E-state index in [9.17, 15) is 9.59 Å². The molecule has 0 aliphatic rings. The number of hydrogen-bond acceptors (Lipinski definition) is 2. The quantitative estimate of drug-likeness (QED) is 0.0264. The van der Waals surface area contributed by atoms with Crippen molar-refractivity contribution in [3.63, 3.8) is 0 Å². The lowest BCUT2D eigenvalue weighted by molar-refractivity contribution is -0.106. The molecule has 0 fully saturated rings. The molecule has 0 aliphatic heterocycles. The standard InChI is InChI=1S/C46H63ClO2/c1-3-5-7-9-11-13-15-17-19-23-29-38-35-36-42(37-41(38)34-24-20-18-16-14-12-10-8-6-4-2)45(48)43(39-30-25-21-26-31-39)44(46(47)49)40-32-27-22-28-33-40/h21-22,25-28,30-33,35-37H,3-20,23-24,29,34H2,1-2H3. The number of carbonyl (C=O) groups is 2. The Balaban J connectivity index is 1.75. The number of hydrogen-bond donors (Lipinski definition) is 0. The van der Waals surface area contributed by atoms with E-state index in [2.05, 4.69) is 26.0 Å². The minimum Gasteiger partial charge on any atom is -0.289 e. The first-order chi connectivity index (χ1) is 24.1. The highest BCUT2D eigenvalue weighted by molar-refractivity contribution is 6.76. The van der Waals surface area contributed by atoms with Crippen molar-refractivity contribution in [1.29, 1.82) is 0 Å². The lowest BCUT2D eigenvalue weighted by atomic mass is 9.87. The van der Waals surface area contributed by atoms with E-state index in [0.29, 0.717) is 22.3 Å². The number of benzene rings is 3. The molecular weight excluding hydrogens is 620 g/mol. The lowest BCUT2D eigenvalue weighted by Crippen LogP contribution is -2.10. The van der Waals surface area contributed by atoms with Crippen LogP contribution in [0.2, 0.25) is 0 Å². The Kier molecular flexibility index (Phi) is 20.7. The topological polar surface area (TPSA) is 34.1 Å². The Morgan fingerprint density at radius 3 is 1.24 bits per heavy atom. The van der Waals surface area contributed by atoms with Gasteiger partial charge >= 0.3 is 0 Å². The summed E-state index contributed by atoms with van der Waals surface area (Å²) in [4.78, 5) is 27.4. The van der Waals surface area contributed by atoms with Crippen LogP contribution in [0.3, 0.4) is 0 Å². The average Bonchev–Trinajstić information content (AvgIpc) is 3.12. The molecule has 0 aliphatic carbocycles. The molecule has 0 amide bonds. The third-order valence-electron chi connectivity index (χ3n) is 9.87. The summed E-state index contributed by atoms with van der Waals surface area (Å²) >= 11 is 6.25. The van der Waals surface area contributed by atoms with Crippen molar-refractivity contribution in [3.05, 3.63) is 107 Å². The van der Waals surface area contributed by atoms with Gasteiger partial charge in [0.1, 0.15) is 0 Å². The molecule has 3 aromatic carbocycles. The monoisotopic (exact) mass is 682 g/mol. The zero-order chi connectivity index (χ0) is 34.9. The second-order valence-corrected chi connectivity index (χ2v) is 14.3. The minimum atomic E-state index is -0.624. The highest BCUT2D eigenvalue weighted by Gasteiger charge is 2.24. The molecule has 49 heavy (non-hydrogen) atoms. The van der Waals surface area contributed by atoms with Gasteiger partial charge in [-0.25, -0.2) is 0 Å². The van der Waals surface area contributed by atoms with Crippen LogP contribution in [0.4, 0.5) is 0 Å². The lowest BCUT2D eigenvalue weighted by Gasteiger charge is -2.16. The number of Topliss-reactive ketones (excluding diaryl/α,β-unsaturated/α-hetero) is 1. The zero-order valence-electron chi connectivity index (χ0n) is 30.8. The molecule has 0 spiro atoms. The highest BCUT2D eigenvalue weighted by Crippen LogP contribution is 2.32. The Morgan fingerprint density at radius 2 is 0.816 bits per heavy atom. The molecule has 3 heteroatoms. The Labute approximate surface area is 304 Å². The Hall–Kier alpha value is -2.97. The number of ketones is 1. The van der Waals surface area contributed by atoms with Crippen molar-refractivity contribution in [2.24, 2.45) is 0 Å². The first kappa shape index (κ1) is 40.5. The first-order valence-electron chi connectivity index (χ1n) is 19.8. The Bertz CT molecular complexity index is 1370. The molecule has 0 aromatic heterocycles. The summed E-state index contributed by atoms with van der Waals surface area (Å²) in [6.07, 6.45) is 28.4. The van der Waals surface area contributed by atoms with Crippen molar-refractivity contribution in [1.82, 2.24) is 0 Å². The van der Waals surface area contributed by atoms with Gasteiger partial charge in [-0.3, -0.25) is 9.59 Å². The predicted octanol–water partition coefficient (Wildman–Crippen LogP) is 14.2. The molecule has 0 radical (unpaired) electrons. The summed E-state index contributed by atoms with van der Waals surface area (Å²) in [5.74, 6) is -0.158. The van der Waals surface area contributed by atoms with Crippen molar-refractivity contribution < 1.29 is 9.59 Å². The van der Waals surface area contributed by atoms with Crippen LogP contribution in [0.25, 0.3) is 11.1 Å². The normalized spacial score (nSPS) is 11.8. The molecule has 0 heterocycles. The number of halogens is 1. The van der Waals surface area contributed by atoms with Crippen molar-refractivity contribution >= 4 is 33.8 Å². The van der Waals surface area contributed by atoms with Crippen molar-refractivity contribution in [2.45, 2.75) is 155 Å². The molecule has 0 saturated carbocycles. The van der Waals surface area contributed by atoms with E-state index in [-0.39, 0.29) is 11.4 Å². The maximum absolute atomic E-state index is 14.4. The van der Waals surface area contributed by atoms with Gasteiger partial charge in [0.15, 0.2) is 5.78 Å². The zero-order valence-corrected chi connectivity index (χ0v) is 31.5. The minimum absolute atomic E-state index is 0.158. The van der Waals surface area contributed by atoms with Gasteiger partial charge < -0.3 is 0 Å². The van der Waals surface area contributed by atoms with E-state index in [1.807, 2.05) is 66.7 Å². The summed E-state index contributed by atoms with van der Waals surface area (Å²) in [5.41, 5.74) is 5.24. The van der Waals surface area contributed by atoms with Gasteiger partial charge in [0.25, 0.3) is 5.24 Å². The second kappa shape index (κ2) is 25.1. The van der Waals surface area contributed by atoms with E-state index >= 15 is 0 Å². The SMILES string of the molecule is CCCCCCCCCCCCc1ccc(C(=O)C(=C(C(=O)Cl)c2ccccc2)c2ccccc2)cc1CCCCCCCCCCCC. The van der Waals surface area contributed by atoms with E-state index in [0.717, 1.165) is 19.3 Å². The van der Waals surface area contributed by atoms with Crippen LogP contribution < -0.4 is 0 Å².